The summed E-state index contributed by atoms with van der Waals surface area (Å²) in [4.78, 5) is 4.44. The number of aryl methyl sites for hydroxylation is 1. The highest BCUT2D eigenvalue weighted by molar-refractivity contribution is 5.93. The number of benzene rings is 2. The van der Waals surface area contributed by atoms with Crippen LogP contribution in [0.2, 0.25) is 0 Å². The fraction of sp³-hybridized carbons (Fsp3) is 0.188. The highest BCUT2D eigenvalue weighted by atomic mass is 15.3. The number of aliphatic imine (C=N–C) groups is 1. The monoisotopic (exact) mass is 268 g/mol. The second-order valence-corrected chi connectivity index (χ2v) is 4.54. The molecular formula is C16H20N4. The molecule has 0 aliphatic heterocycles. The lowest BCUT2D eigenvalue weighted by Crippen LogP contribution is -2.36. The van der Waals surface area contributed by atoms with Gasteiger partial charge in [-0.3, -0.25) is 10.4 Å². The van der Waals surface area contributed by atoms with Crippen molar-refractivity contribution >= 4 is 11.6 Å². The molecule has 0 heterocycles. The summed E-state index contributed by atoms with van der Waals surface area (Å²) < 4.78 is 0. The van der Waals surface area contributed by atoms with E-state index in [-0.39, 0.29) is 0 Å². The summed E-state index contributed by atoms with van der Waals surface area (Å²) in [7, 11) is 0. The fourth-order valence-corrected chi connectivity index (χ4v) is 1.96. The van der Waals surface area contributed by atoms with E-state index >= 15 is 0 Å². The molecular weight excluding hydrogens is 248 g/mol. The number of hydrogen-bond donors (Lipinski definition) is 3. The maximum absolute atomic E-state index is 5.49. The van der Waals surface area contributed by atoms with E-state index in [2.05, 4.69) is 40.9 Å². The van der Waals surface area contributed by atoms with Gasteiger partial charge in [-0.2, -0.15) is 0 Å². The number of nitrogens with one attached hydrogen (secondary N) is 2. The molecule has 4 heteroatoms. The van der Waals surface area contributed by atoms with Crippen LogP contribution in [0.5, 0.6) is 0 Å². The van der Waals surface area contributed by atoms with Gasteiger partial charge in [-0.1, -0.05) is 42.5 Å². The molecule has 0 spiro atoms. The number of para-hydroxylation sites is 1. The van der Waals surface area contributed by atoms with Crippen LogP contribution in [0.1, 0.15) is 11.1 Å². The van der Waals surface area contributed by atoms with Gasteiger partial charge in [-0.05, 0) is 36.6 Å². The summed E-state index contributed by atoms with van der Waals surface area (Å²) in [6, 6.07) is 18.2. The molecule has 0 aliphatic carbocycles. The second-order valence-electron chi connectivity index (χ2n) is 4.54. The molecule has 0 aliphatic rings. The Morgan fingerprint density at radius 2 is 1.75 bits per heavy atom. The Labute approximate surface area is 119 Å². The standard InChI is InChI=1S/C16H20N4/c1-13-7-5-6-8-14(13)11-12-18-16(20-17)19-15-9-3-2-4-10-15/h2-10H,11-12,17H2,1H3,(H2,18,19,20). The van der Waals surface area contributed by atoms with Gasteiger partial charge in [0.15, 0.2) is 0 Å². The van der Waals surface area contributed by atoms with Gasteiger partial charge in [0, 0.05) is 12.2 Å². The van der Waals surface area contributed by atoms with Gasteiger partial charge in [0.25, 0.3) is 0 Å². The predicted octanol–water partition coefficient (Wildman–Crippen LogP) is 2.47. The quantitative estimate of drug-likeness (QED) is 0.345. The van der Waals surface area contributed by atoms with Gasteiger partial charge in [0.1, 0.15) is 0 Å². The van der Waals surface area contributed by atoms with E-state index in [4.69, 9.17) is 5.84 Å². The Morgan fingerprint density at radius 1 is 1.05 bits per heavy atom. The molecule has 0 amide bonds. The van der Waals surface area contributed by atoms with Crippen molar-refractivity contribution in [2.45, 2.75) is 13.3 Å². The zero-order valence-electron chi connectivity index (χ0n) is 11.6. The number of hydrazine groups is 1. The van der Waals surface area contributed by atoms with Crippen LogP contribution in [0.15, 0.2) is 59.6 Å². The van der Waals surface area contributed by atoms with Crippen molar-refractivity contribution in [3.05, 3.63) is 65.7 Å². The largest absolute Gasteiger partial charge is 0.325 e. The van der Waals surface area contributed by atoms with Crippen molar-refractivity contribution < 1.29 is 0 Å². The van der Waals surface area contributed by atoms with Crippen LogP contribution in [0.3, 0.4) is 0 Å². The molecule has 0 saturated heterocycles. The van der Waals surface area contributed by atoms with Gasteiger partial charge in [-0.25, -0.2) is 5.84 Å². The van der Waals surface area contributed by atoms with Crippen LogP contribution in [-0.4, -0.2) is 12.5 Å². The fourth-order valence-electron chi connectivity index (χ4n) is 1.96. The smallest absolute Gasteiger partial charge is 0.210 e. The summed E-state index contributed by atoms with van der Waals surface area (Å²) in [5, 5.41) is 3.14. The molecule has 4 N–H and O–H groups in total. The lowest BCUT2D eigenvalue weighted by atomic mass is 10.1. The Bertz CT molecular complexity index is 564. The zero-order chi connectivity index (χ0) is 14.2. The summed E-state index contributed by atoms with van der Waals surface area (Å²) >= 11 is 0. The molecule has 0 fully saturated rings. The van der Waals surface area contributed by atoms with E-state index < -0.39 is 0 Å². The molecule has 104 valence electrons. The van der Waals surface area contributed by atoms with Crippen molar-refractivity contribution in [1.29, 1.82) is 0 Å². The third-order valence-corrected chi connectivity index (χ3v) is 3.09. The number of rotatable bonds is 4. The number of guanidine groups is 1. The zero-order valence-corrected chi connectivity index (χ0v) is 11.6. The Kier molecular flexibility index (Phi) is 5.15. The normalized spacial score (nSPS) is 11.2. The highest BCUT2D eigenvalue weighted by Crippen LogP contribution is 2.08. The molecule has 0 saturated carbocycles. The van der Waals surface area contributed by atoms with Crippen molar-refractivity contribution in [2.75, 3.05) is 11.9 Å². The molecule has 2 rings (SSSR count). The minimum absolute atomic E-state index is 0.574. The number of anilines is 1. The maximum Gasteiger partial charge on any atom is 0.210 e. The first-order valence-electron chi connectivity index (χ1n) is 6.67. The highest BCUT2D eigenvalue weighted by Gasteiger charge is 1.99. The Hall–Kier alpha value is -2.33. The molecule has 2 aromatic rings. The van der Waals surface area contributed by atoms with Crippen molar-refractivity contribution in [1.82, 2.24) is 5.43 Å². The van der Waals surface area contributed by atoms with Crippen molar-refractivity contribution in [3.63, 3.8) is 0 Å². The number of nitrogens with two attached hydrogens (primary N) is 1. The van der Waals surface area contributed by atoms with Gasteiger partial charge in [0.05, 0.1) is 0 Å². The lowest BCUT2D eigenvalue weighted by molar-refractivity contribution is 0.924. The summed E-state index contributed by atoms with van der Waals surface area (Å²) in [6.45, 7) is 2.80. The first-order chi connectivity index (χ1) is 9.79. The van der Waals surface area contributed by atoms with E-state index in [1.807, 2.05) is 36.4 Å². The summed E-state index contributed by atoms with van der Waals surface area (Å²) in [5.74, 6) is 6.06. The van der Waals surface area contributed by atoms with E-state index in [0.717, 1.165) is 12.1 Å². The van der Waals surface area contributed by atoms with Crippen LogP contribution in [0.25, 0.3) is 0 Å². The average molecular weight is 268 g/mol. The van der Waals surface area contributed by atoms with E-state index in [9.17, 15) is 0 Å². The molecule has 0 aromatic heterocycles. The lowest BCUT2D eigenvalue weighted by Gasteiger charge is -2.09. The summed E-state index contributed by atoms with van der Waals surface area (Å²) in [6.07, 6.45) is 0.897. The number of nitrogens with zero attached hydrogens (tertiary/aromatic N) is 1. The Morgan fingerprint density at radius 3 is 2.45 bits per heavy atom. The Balaban J connectivity index is 1.93. The number of hydrogen-bond acceptors (Lipinski definition) is 2. The third kappa shape index (κ3) is 4.10. The third-order valence-electron chi connectivity index (χ3n) is 3.09. The first-order valence-corrected chi connectivity index (χ1v) is 6.67. The molecule has 0 atom stereocenters. The SMILES string of the molecule is Cc1ccccc1CCN=C(NN)Nc1ccccc1. The summed E-state index contributed by atoms with van der Waals surface area (Å²) in [5.41, 5.74) is 6.15. The van der Waals surface area contributed by atoms with Crippen LogP contribution in [0.4, 0.5) is 5.69 Å². The van der Waals surface area contributed by atoms with Crippen LogP contribution < -0.4 is 16.6 Å². The maximum atomic E-state index is 5.49. The molecule has 0 unspecified atom stereocenters. The molecule has 0 radical (unpaired) electrons. The molecule has 2 aromatic carbocycles. The van der Waals surface area contributed by atoms with Crippen LogP contribution in [-0.2, 0) is 6.42 Å². The van der Waals surface area contributed by atoms with Gasteiger partial charge < -0.3 is 5.32 Å². The molecule has 4 nitrogen and oxygen atoms in total. The van der Waals surface area contributed by atoms with Crippen LogP contribution in [0, 0.1) is 6.92 Å². The predicted molar refractivity (Wildman–Crippen MR) is 84.6 cm³/mol. The topological polar surface area (TPSA) is 62.4 Å². The minimum atomic E-state index is 0.574. The van der Waals surface area contributed by atoms with Crippen molar-refractivity contribution in [3.8, 4) is 0 Å². The van der Waals surface area contributed by atoms with E-state index in [0.29, 0.717) is 12.5 Å². The van der Waals surface area contributed by atoms with E-state index in [1.165, 1.54) is 11.1 Å². The van der Waals surface area contributed by atoms with E-state index in [1.54, 1.807) is 0 Å². The molecule has 20 heavy (non-hydrogen) atoms. The average Bonchev–Trinajstić information content (AvgIpc) is 2.49. The second kappa shape index (κ2) is 7.31. The van der Waals surface area contributed by atoms with Gasteiger partial charge in [0.2, 0.25) is 5.96 Å². The minimum Gasteiger partial charge on any atom is -0.325 e. The molecule has 0 bridgehead atoms. The van der Waals surface area contributed by atoms with Crippen molar-refractivity contribution in [2.24, 2.45) is 10.8 Å². The van der Waals surface area contributed by atoms with Gasteiger partial charge in [-0.15, -0.1) is 0 Å². The van der Waals surface area contributed by atoms with Gasteiger partial charge >= 0.3 is 0 Å². The van der Waals surface area contributed by atoms with Crippen LogP contribution >= 0.6 is 0 Å². The first kappa shape index (κ1) is 14.1.